The van der Waals surface area contributed by atoms with E-state index in [1.54, 1.807) is 0 Å². The van der Waals surface area contributed by atoms with Crippen LogP contribution in [0, 0.1) is 10.1 Å². The zero-order chi connectivity index (χ0) is 13.0. The van der Waals surface area contributed by atoms with Gasteiger partial charge in [0.1, 0.15) is 0 Å². The highest BCUT2D eigenvalue weighted by Gasteiger charge is 2.17. The number of hydrogen-bond donors (Lipinski definition) is 1. The number of non-ortho nitro benzene ring substituents is 1. The Hall–Kier alpha value is -1.91. The van der Waals surface area contributed by atoms with Gasteiger partial charge in [-0.2, -0.15) is 0 Å². The second-order valence-electron chi connectivity index (χ2n) is 4.61. The van der Waals surface area contributed by atoms with Crippen molar-refractivity contribution in [3.05, 3.63) is 39.9 Å². The molecule has 0 atom stereocenters. The van der Waals surface area contributed by atoms with Crippen LogP contribution < -0.4 is 5.32 Å². The number of nitro groups is 1. The molecule has 0 saturated heterocycles. The second-order valence-corrected chi connectivity index (χ2v) is 4.61. The van der Waals surface area contributed by atoms with Crippen LogP contribution in [0.15, 0.2) is 24.3 Å². The fourth-order valence-electron chi connectivity index (χ4n) is 2.25. The predicted molar refractivity (Wildman–Crippen MR) is 67.4 cm³/mol. The van der Waals surface area contributed by atoms with E-state index in [2.05, 4.69) is 5.32 Å². The molecule has 1 aromatic carbocycles. The molecule has 0 spiro atoms. The Morgan fingerprint density at radius 2 is 1.78 bits per heavy atom. The average molecular weight is 248 g/mol. The van der Waals surface area contributed by atoms with Crippen LogP contribution in [0.2, 0.25) is 0 Å². The van der Waals surface area contributed by atoms with Crippen LogP contribution in [0.25, 0.3) is 0 Å². The quantitative estimate of drug-likeness (QED) is 0.660. The molecule has 0 heterocycles. The highest BCUT2D eigenvalue weighted by molar-refractivity contribution is 5.94. The van der Waals surface area contributed by atoms with Crippen LogP contribution in [0.4, 0.5) is 5.69 Å². The van der Waals surface area contributed by atoms with Gasteiger partial charge in [-0.1, -0.05) is 19.3 Å². The zero-order valence-electron chi connectivity index (χ0n) is 10.1. The minimum atomic E-state index is -0.469. The highest BCUT2D eigenvalue weighted by Crippen LogP contribution is 2.18. The summed E-state index contributed by atoms with van der Waals surface area (Å²) >= 11 is 0. The van der Waals surface area contributed by atoms with Gasteiger partial charge in [-0.05, 0) is 25.0 Å². The fourth-order valence-corrected chi connectivity index (χ4v) is 2.25. The Bertz CT molecular complexity index is 436. The van der Waals surface area contributed by atoms with E-state index in [0.717, 1.165) is 25.7 Å². The van der Waals surface area contributed by atoms with Gasteiger partial charge in [-0.3, -0.25) is 14.9 Å². The van der Waals surface area contributed by atoms with Crippen molar-refractivity contribution in [1.82, 2.24) is 5.32 Å². The van der Waals surface area contributed by atoms with Crippen molar-refractivity contribution in [3.8, 4) is 0 Å². The summed E-state index contributed by atoms with van der Waals surface area (Å²) in [5.41, 5.74) is 0.482. The normalized spacial score (nSPS) is 16.2. The summed E-state index contributed by atoms with van der Waals surface area (Å²) in [5.74, 6) is -0.142. The predicted octanol–water partition coefficient (Wildman–Crippen LogP) is 2.66. The van der Waals surface area contributed by atoms with E-state index in [0.29, 0.717) is 5.56 Å². The lowest BCUT2D eigenvalue weighted by atomic mass is 9.95. The monoisotopic (exact) mass is 248 g/mol. The third-order valence-corrected chi connectivity index (χ3v) is 3.28. The van der Waals surface area contributed by atoms with Crippen molar-refractivity contribution in [1.29, 1.82) is 0 Å². The van der Waals surface area contributed by atoms with Gasteiger partial charge in [0.2, 0.25) is 0 Å². The van der Waals surface area contributed by atoms with Gasteiger partial charge >= 0.3 is 0 Å². The molecule has 5 heteroatoms. The molecule has 0 unspecified atom stereocenters. The van der Waals surface area contributed by atoms with Gasteiger partial charge in [-0.25, -0.2) is 0 Å². The Morgan fingerprint density at radius 1 is 1.17 bits per heavy atom. The summed E-state index contributed by atoms with van der Waals surface area (Å²) in [6.45, 7) is 0. The summed E-state index contributed by atoms with van der Waals surface area (Å²) < 4.78 is 0. The van der Waals surface area contributed by atoms with E-state index in [1.807, 2.05) is 0 Å². The van der Waals surface area contributed by atoms with E-state index < -0.39 is 4.92 Å². The molecular formula is C13H16N2O3. The molecule has 1 N–H and O–H groups in total. The molecule has 5 nitrogen and oxygen atoms in total. The number of benzene rings is 1. The van der Waals surface area contributed by atoms with Gasteiger partial charge in [0.15, 0.2) is 0 Å². The number of amides is 1. The van der Waals surface area contributed by atoms with Crippen molar-refractivity contribution < 1.29 is 9.72 Å². The molecular weight excluding hydrogens is 232 g/mol. The number of nitrogens with one attached hydrogen (secondary N) is 1. The standard InChI is InChI=1S/C13H16N2O3/c16-13(14-11-4-2-1-3-5-11)10-6-8-12(9-7-10)15(17)18/h6-9,11H,1-5H2,(H,14,16). The average Bonchev–Trinajstić information content (AvgIpc) is 2.40. The van der Waals surface area contributed by atoms with Crippen molar-refractivity contribution in [2.75, 3.05) is 0 Å². The first-order valence-electron chi connectivity index (χ1n) is 6.22. The fraction of sp³-hybridized carbons (Fsp3) is 0.462. The zero-order valence-corrected chi connectivity index (χ0v) is 10.1. The summed E-state index contributed by atoms with van der Waals surface area (Å²) in [6, 6.07) is 5.96. The number of rotatable bonds is 3. The lowest BCUT2D eigenvalue weighted by Crippen LogP contribution is -2.36. The largest absolute Gasteiger partial charge is 0.349 e. The summed E-state index contributed by atoms with van der Waals surface area (Å²) in [4.78, 5) is 21.9. The number of nitrogens with zero attached hydrogens (tertiary/aromatic N) is 1. The summed E-state index contributed by atoms with van der Waals surface area (Å²) in [7, 11) is 0. The van der Waals surface area contributed by atoms with Crippen molar-refractivity contribution in [2.45, 2.75) is 38.1 Å². The second kappa shape index (κ2) is 5.62. The number of hydrogen-bond acceptors (Lipinski definition) is 3. The lowest BCUT2D eigenvalue weighted by molar-refractivity contribution is -0.384. The van der Waals surface area contributed by atoms with Gasteiger partial charge in [0, 0.05) is 23.7 Å². The van der Waals surface area contributed by atoms with E-state index in [9.17, 15) is 14.9 Å². The minimum absolute atomic E-state index is 0.00390. The molecule has 1 aromatic rings. The maximum absolute atomic E-state index is 11.9. The third kappa shape index (κ3) is 3.06. The van der Waals surface area contributed by atoms with Crippen LogP contribution in [0.3, 0.4) is 0 Å². The molecule has 0 radical (unpaired) electrons. The van der Waals surface area contributed by atoms with Crippen molar-refractivity contribution in [2.24, 2.45) is 0 Å². The molecule has 0 aliphatic heterocycles. The molecule has 1 saturated carbocycles. The maximum Gasteiger partial charge on any atom is 0.269 e. The van der Waals surface area contributed by atoms with Crippen molar-refractivity contribution >= 4 is 11.6 Å². The first-order valence-corrected chi connectivity index (χ1v) is 6.22. The van der Waals surface area contributed by atoms with Gasteiger partial charge in [0.05, 0.1) is 4.92 Å². The Balaban J connectivity index is 1.97. The van der Waals surface area contributed by atoms with Crippen LogP contribution >= 0.6 is 0 Å². The third-order valence-electron chi connectivity index (χ3n) is 3.28. The Labute approximate surface area is 105 Å². The van der Waals surface area contributed by atoms with Crippen LogP contribution in [-0.4, -0.2) is 16.9 Å². The first-order chi connectivity index (χ1) is 8.66. The van der Waals surface area contributed by atoms with Crippen molar-refractivity contribution in [3.63, 3.8) is 0 Å². The summed E-state index contributed by atoms with van der Waals surface area (Å²) in [5, 5.41) is 13.5. The SMILES string of the molecule is O=C(NC1CCCCC1)c1ccc([N+](=O)[O-])cc1. The van der Waals surface area contributed by atoms with E-state index in [4.69, 9.17) is 0 Å². The molecule has 0 aromatic heterocycles. The number of nitro benzene ring substituents is 1. The smallest absolute Gasteiger partial charge is 0.269 e. The molecule has 18 heavy (non-hydrogen) atoms. The molecule has 96 valence electrons. The topological polar surface area (TPSA) is 72.2 Å². The first kappa shape index (κ1) is 12.5. The maximum atomic E-state index is 11.9. The van der Waals surface area contributed by atoms with Crippen LogP contribution in [-0.2, 0) is 0 Å². The van der Waals surface area contributed by atoms with Crippen LogP contribution in [0.1, 0.15) is 42.5 Å². The van der Waals surface area contributed by atoms with E-state index >= 15 is 0 Å². The van der Waals surface area contributed by atoms with E-state index in [1.165, 1.54) is 30.7 Å². The molecule has 2 rings (SSSR count). The number of carbonyl (C=O) groups is 1. The van der Waals surface area contributed by atoms with Crippen LogP contribution in [0.5, 0.6) is 0 Å². The summed E-state index contributed by atoms with van der Waals surface area (Å²) in [6.07, 6.45) is 5.61. The molecule has 1 amide bonds. The Morgan fingerprint density at radius 3 is 2.33 bits per heavy atom. The number of carbonyl (C=O) groups excluding carboxylic acids is 1. The molecule has 0 bridgehead atoms. The highest BCUT2D eigenvalue weighted by atomic mass is 16.6. The van der Waals surface area contributed by atoms with Gasteiger partial charge < -0.3 is 5.32 Å². The Kier molecular flexibility index (Phi) is 3.92. The molecule has 1 aliphatic rings. The van der Waals surface area contributed by atoms with Gasteiger partial charge in [-0.15, -0.1) is 0 Å². The molecule has 1 fully saturated rings. The minimum Gasteiger partial charge on any atom is -0.349 e. The van der Waals surface area contributed by atoms with E-state index in [-0.39, 0.29) is 17.6 Å². The lowest BCUT2D eigenvalue weighted by Gasteiger charge is -2.22. The molecule has 1 aliphatic carbocycles. The van der Waals surface area contributed by atoms with Gasteiger partial charge in [0.25, 0.3) is 11.6 Å².